The van der Waals surface area contributed by atoms with Gasteiger partial charge in [-0.15, -0.1) is 0 Å². The van der Waals surface area contributed by atoms with E-state index < -0.39 is 5.91 Å². The minimum atomic E-state index is -0.527. The maximum atomic E-state index is 12.1. The summed E-state index contributed by atoms with van der Waals surface area (Å²) in [5, 5.41) is 2.86. The molecule has 0 saturated heterocycles. The van der Waals surface area contributed by atoms with Gasteiger partial charge in [0.25, 0.3) is 5.91 Å². The molecular formula is C16H23N3O3. The van der Waals surface area contributed by atoms with Crippen molar-refractivity contribution in [2.45, 2.75) is 38.1 Å². The van der Waals surface area contributed by atoms with Gasteiger partial charge in [0.05, 0.1) is 0 Å². The molecule has 1 saturated carbocycles. The molecule has 0 aromatic heterocycles. The van der Waals surface area contributed by atoms with Crippen LogP contribution in [0.4, 0.5) is 5.69 Å². The van der Waals surface area contributed by atoms with Crippen LogP contribution in [-0.2, 0) is 9.59 Å². The Bertz CT molecular complexity index is 516. The zero-order valence-electron chi connectivity index (χ0n) is 12.6. The second-order valence-electron chi connectivity index (χ2n) is 5.74. The minimum Gasteiger partial charge on any atom is -0.484 e. The molecule has 2 unspecified atom stereocenters. The van der Waals surface area contributed by atoms with Crippen molar-refractivity contribution in [3.05, 3.63) is 24.3 Å². The Morgan fingerprint density at radius 1 is 1.18 bits per heavy atom. The van der Waals surface area contributed by atoms with Gasteiger partial charge in [-0.3, -0.25) is 9.59 Å². The number of rotatable bonds is 6. The minimum absolute atomic E-state index is 0.0202. The van der Waals surface area contributed by atoms with Gasteiger partial charge >= 0.3 is 0 Å². The van der Waals surface area contributed by atoms with Gasteiger partial charge in [0, 0.05) is 18.2 Å². The number of carbonyl (C=O) groups excluding carboxylic acids is 2. The van der Waals surface area contributed by atoms with Crippen molar-refractivity contribution in [2.24, 2.45) is 17.4 Å². The zero-order chi connectivity index (χ0) is 15.9. The van der Waals surface area contributed by atoms with Crippen molar-refractivity contribution in [2.75, 3.05) is 11.9 Å². The van der Waals surface area contributed by atoms with E-state index in [9.17, 15) is 9.59 Å². The van der Waals surface area contributed by atoms with Crippen molar-refractivity contribution in [1.29, 1.82) is 0 Å². The number of primary amides is 1. The largest absolute Gasteiger partial charge is 0.484 e. The lowest BCUT2D eigenvalue weighted by Crippen LogP contribution is -2.35. The third-order valence-corrected chi connectivity index (χ3v) is 3.93. The summed E-state index contributed by atoms with van der Waals surface area (Å²) >= 11 is 0. The van der Waals surface area contributed by atoms with E-state index in [-0.39, 0.29) is 24.5 Å². The molecule has 1 aliphatic carbocycles. The number of ether oxygens (including phenoxy) is 1. The Kier molecular flexibility index (Phi) is 5.77. The summed E-state index contributed by atoms with van der Waals surface area (Å²) in [6.45, 7) is -0.161. The molecule has 1 aliphatic rings. The molecule has 6 heteroatoms. The van der Waals surface area contributed by atoms with E-state index in [0.717, 1.165) is 25.7 Å². The molecule has 2 atom stereocenters. The van der Waals surface area contributed by atoms with E-state index in [4.69, 9.17) is 16.2 Å². The van der Waals surface area contributed by atoms with Gasteiger partial charge in [-0.25, -0.2) is 0 Å². The van der Waals surface area contributed by atoms with E-state index in [2.05, 4.69) is 5.32 Å². The second-order valence-corrected chi connectivity index (χ2v) is 5.74. The monoisotopic (exact) mass is 305 g/mol. The first-order chi connectivity index (χ1) is 10.5. The van der Waals surface area contributed by atoms with E-state index in [1.807, 2.05) is 0 Å². The van der Waals surface area contributed by atoms with Gasteiger partial charge in [0.2, 0.25) is 5.91 Å². The number of hydrogen-bond acceptors (Lipinski definition) is 4. The highest BCUT2D eigenvalue weighted by Crippen LogP contribution is 2.26. The summed E-state index contributed by atoms with van der Waals surface area (Å²) in [4.78, 5) is 22.7. The van der Waals surface area contributed by atoms with E-state index in [0.29, 0.717) is 17.9 Å². The van der Waals surface area contributed by atoms with Crippen LogP contribution in [-0.4, -0.2) is 24.5 Å². The number of nitrogens with two attached hydrogens (primary N) is 2. The van der Waals surface area contributed by atoms with Gasteiger partial charge in [-0.2, -0.15) is 0 Å². The fourth-order valence-electron chi connectivity index (χ4n) is 2.73. The maximum absolute atomic E-state index is 12.1. The lowest BCUT2D eigenvalue weighted by Gasteiger charge is -2.27. The molecule has 0 aliphatic heterocycles. The molecule has 1 aromatic carbocycles. The van der Waals surface area contributed by atoms with Crippen LogP contribution in [0.3, 0.4) is 0 Å². The van der Waals surface area contributed by atoms with Crippen LogP contribution in [0.5, 0.6) is 5.75 Å². The lowest BCUT2D eigenvalue weighted by atomic mass is 9.83. The van der Waals surface area contributed by atoms with Crippen LogP contribution in [0.15, 0.2) is 24.3 Å². The first kappa shape index (κ1) is 16.3. The average Bonchev–Trinajstić information content (AvgIpc) is 2.49. The Balaban J connectivity index is 1.82. The summed E-state index contributed by atoms with van der Waals surface area (Å²) in [5.41, 5.74) is 11.8. The van der Waals surface area contributed by atoms with Gasteiger partial charge in [0.1, 0.15) is 5.75 Å². The standard InChI is InChI=1S/C16H23N3O3/c17-14-4-2-1-3-11(14)9-16(21)19-12-5-7-13(8-6-12)22-10-15(18)20/h5-8,11,14H,1-4,9-10,17H2,(H2,18,20)(H,19,21). The Hall–Kier alpha value is -2.08. The summed E-state index contributed by atoms with van der Waals surface area (Å²) in [6.07, 6.45) is 4.79. The molecule has 1 fully saturated rings. The smallest absolute Gasteiger partial charge is 0.255 e. The Labute approximate surface area is 130 Å². The molecule has 2 amide bonds. The normalized spacial score (nSPS) is 21.1. The van der Waals surface area contributed by atoms with E-state index in [1.54, 1.807) is 24.3 Å². The number of nitrogens with one attached hydrogen (secondary N) is 1. The fraction of sp³-hybridized carbons (Fsp3) is 0.500. The van der Waals surface area contributed by atoms with Crippen molar-refractivity contribution < 1.29 is 14.3 Å². The van der Waals surface area contributed by atoms with Gasteiger partial charge in [-0.1, -0.05) is 12.8 Å². The Morgan fingerprint density at radius 3 is 2.50 bits per heavy atom. The van der Waals surface area contributed by atoms with Crippen molar-refractivity contribution >= 4 is 17.5 Å². The highest BCUT2D eigenvalue weighted by Gasteiger charge is 2.24. The molecule has 2 rings (SSSR count). The zero-order valence-corrected chi connectivity index (χ0v) is 12.6. The van der Waals surface area contributed by atoms with Crippen LogP contribution in [0.25, 0.3) is 0 Å². The molecule has 120 valence electrons. The van der Waals surface area contributed by atoms with E-state index >= 15 is 0 Å². The lowest BCUT2D eigenvalue weighted by molar-refractivity contribution is -0.120. The third-order valence-electron chi connectivity index (χ3n) is 3.93. The number of benzene rings is 1. The molecule has 0 heterocycles. The van der Waals surface area contributed by atoms with Crippen molar-refractivity contribution in [1.82, 2.24) is 0 Å². The summed E-state index contributed by atoms with van der Waals surface area (Å²) < 4.78 is 5.16. The number of amides is 2. The molecular weight excluding hydrogens is 282 g/mol. The molecule has 0 radical (unpaired) electrons. The predicted octanol–water partition coefficient (Wildman–Crippen LogP) is 1.40. The number of anilines is 1. The number of hydrogen-bond donors (Lipinski definition) is 3. The van der Waals surface area contributed by atoms with Crippen LogP contribution < -0.4 is 21.5 Å². The maximum Gasteiger partial charge on any atom is 0.255 e. The SMILES string of the molecule is NC(=O)COc1ccc(NC(=O)CC2CCCCC2N)cc1. The second kappa shape index (κ2) is 7.79. The highest BCUT2D eigenvalue weighted by atomic mass is 16.5. The quantitative estimate of drug-likeness (QED) is 0.738. The highest BCUT2D eigenvalue weighted by molar-refractivity contribution is 5.90. The summed E-state index contributed by atoms with van der Waals surface area (Å²) in [5.74, 6) is 0.257. The van der Waals surface area contributed by atoms with Crippen LogP contribution >= 0.6 is 0 Å². The fourth-order valence-corrected chi connectivity index (χ4v) is 2.73. The molecule has 6 nitrogen and oxygen atoms in total. The van der Waals surface area contributed by atoms with Crippen LogP contribution in [0.2, 0.25) is 0 Å². The molecule has 1 aromatic rings. The number of carbonyl (C=O) groups is 2. The summed E-state index contributed by atoms with van der Waals surface area (Å²) in [7, 11) is 0. The topological polar surface area (TPSA) is 107 Å². The predicted molar refractivity (Wildman–Crippen MR) is 84.3 cm³/mol. The molecule has 0 bridgehead atoms. The van der Waals surface area contributed by atoms with Crippen molar-refractivity contribution in [3.8, 4) is 5.75 Å². The molecule has 0 spiro atoms. The van der Waals surface area contributed by atoms with Crippen LogP contribution in [0, 0.1) is 5.92 Å². The molecule has 22 heavy (non-hydrogen) atoms. The Morgan fingerprint density at radius 2 is 1.86 bits per heavy atom. The third kappa shape index (κ3) is 5.04. The average molecular weight is 305 g/mol. The van der Waals surface area contributed by atoms with Crippen LogP contribution in [0.1, 0.15) is 32.1 Å². The molecule has 5 N–H and O–H groups in total. The first-order valence-corrected chi connectivity index (χ1v) is 7.61. The van der Waals surface area contributed by atoms with Gasteiger partial charge < -0.3 is 21.5 Å². The first-order valence-electron chi connectivity index (χ1n) is 7.61. The van der Waals surface area contributed by atoms with Gasteiger partial charge in [-0.05, 0) is 43.0 Å². The van der Waals surface area contributed by atoms with Gasteiger partial charge in [0.15, 0.2) is 6.61 Å². The summed E-state index contributed by atoms with van der Waals surface area (Å²) in [6, 6.07) is 6.96. The van der Waals surface area contributed by atoms with Crippen molar-refractivity contribution in [3.63, 3.8) is 0 Å². The van der Waals surface area contributed by atoms with E-state index in [1.165, 1.54) is 0 Å².